The van der Waals surface area contributed by atoms with Crippen LogP contribution in [0.25, 0.3) is 0 Å². The van der Waals surface area contributed by atoms with Crippen LogP contribution in [0, 0.1) is 11.3 Å². The molecule has 0 aliphatic carbocycles. The lowest BCUT2D eigenvalue weighted by Gasteiger charge is -2.29. The molecule has 0 bridgehead atoms. The number of aryl methyl sites for hydroxylation is 1. The maximum atomic E-state index is 12.5. The van der Waals surface area contributed by atoms with Crippen molar-refractivity contribution in [2.75, 3.05) is 13.6 Å². The van der Waals surface area contributed by atoms with E-state index in [-0.39, 0.29) is 17.9 Å². The zero-order chi connectivity index (χ0) is 17.5. The molecule has 0 N–H and O–H groups in total. The van der Waals surface area contributed by atoms with Gasteiger partial charge in [-0.1, -0.05) is 30.3 Å². The fourth-order valence-electron chi connectivity index (χ4n) is 3.05. The predicted octanol–water partition coefficient (Wildman–Crippen LogP) is 2.37. The molecule has 24 heavy (non-hydrogen) atoms. The molecule has 2 atom stereocenters. The van der Waals surface area contributed by atoms with Gasteiger partial charge in [0.2, 0.25) is 11.8 Å². The largest absolute Gasteiger partial charge is 0.334 e. The molecule has 0 spiro atoms. The average Bonchev–Trinajstić information content (AvgIpc) is 3.09. The van der Waals surface area contributed by atoms with Gasteiger partial charge >= 0.3 is 0 Å². The number of carbonyl (C=O) groups excluding carboxylic acids is 2. The molecule has 1 aliphatic rings. The quantitative estimate of drug-likeness (QED) is 0.806. The van der Waals surface area contributed by atoms with Gasteiger partial charge in [0.1, 0.15) is 12.1 Å². The first-order chi connectivity index (χ1) is 11.5. The van der Waals surface area contributed by atoms with Crippen molar-refractivity contribution >= 4 is 11.8 Å². The minimum atomic E-state index is -0.525. The molecular formula is C19H25N3O2. The van der Waals surface area contributed by atoms with Crippen molar-refractivity contribution in [3.05, 3.63) is 35.9 Å². The standard InChI is InChI=1S/C19H25N3O2/c1-15(19(24)22-13-7-11-17(22)14-20)21(2)18(23)12-6-10-16-8-4-3-5-9-16/h3-5,8-9,15,17H,6-7,10-13H2,1-2H3/t15-,17-/m0/s1. The molecule has 0 radical (unpaired) electrons. The topological polar surface area (TPSA) is 64.4 Å². The molecule has 5 heteroatoms. The number of hydrogen-bond donors (Lipinski definition) is 0. The number of amides is 2. The van der Waals surface area contributed by atoms with E-state index >= 15 is 0 Å². The summed E-state index contributed by atoms with van der Waals surface area (Å²) in [6, 6.07) is 11.4. The fraction of sp³-hybridized carbons (Fsp3) is 0.526. The van der Waals surface area contributed by atoms with Gasteiger partial charge in [0.05, 0.1) is 6.07 Å². The van der Waals surface area contributed by atoms with E-state index in [2.05, 4.69) is 18.2 Å². The fourth-order valence-corrected chi connectivity index (χ4v) is 3.05. The number of rotatable bonds is 6. The molecule has 2 rings (SSSR count). The van der Waals surface area contributed by atoms with Crippen molar-refractivity contribution in [3.8, 4) is 6.07 Å². The van der Waals surface area contributed by atoms with E-state index in [9.17, 15) is 9.59 Å². The maximum Gasteiger partial charge on any atom is 0.246 e. The molecule has 1 saturated heterocycles. The molecule has 0 unspecified atom stereocenters. The van der Waals surface area contributed by atoms with Gasteiger partial charge < -0.3 is 9.80 Å². The zero-order valence-electron chi connectivity index (χ0n) is 14.4. The first kappa shape index (κ1) is 18.0. The van der Waals surface area contributed by atoms with Crippen LogP contribution in [0.3, 0.4) is 0 Å². The molecular weight excluding hydrogens is 302 g/mol. The van der Waals surface area contributed by atoms with Crippen molar-refractivity contribution in [2.24, 2.45) is 0 Å². The summed E-state index contributed by atoms with van der Waals surface area (Å²) < 4.78 is 0. The lowest BCUT2D eigenvalue weighted by molar-refractivity contribution is -0.143. The highest BCUT2D eigenvalue weighted by atomic mass is 16.2. The van der Waals surface area contributed by atoms with Crippen LogP contribution in [0.5, 0.6) is 0 Å². The number of hydrogen-bond acceptors (Lipinski definition) is 3. The van der Waals surface area contributed by atoms with Crippen LogP contribution < -0.4 is 0 Å². The molecule has 1 aromatic carbocycles. The van der Waals surface area contributed by atoms with Gasteiger partial charge in [-0.25, -0.2) is 0 Å². The second kappa shape index (κ2) is 8.49. The second-order valence-electron chi connectivity index (χ2n) is 6.34. The Balaban J connectivity index is 1.83. The van der Waals surface area contributed by atoms with Crippen molar-refractivity contribution in [2.45, 2.75) is 51.1 Å². The van der Waals surface area contributed by atoms with E-state index in [0.29, 0.717) is 13.0 Å². The van der Waals surface area contributed by atoms with E-state index in [1.54, 1.807) is 18.9 Å². The van der Waals surface area contributed by atoms with Crippen molar-refractivity contribution in [1.82, 2.24) is 9.80 Å². The Morgan fingerprint density at radius 1 is 1.38 bits per heavy atom. The minimum Gasteiger partial charge on any atom is -0.334 e. The Morgan fingerprint density at radius 2 is 2.08 bits per heavy atom. The monoisotopic (exact) mass is 327 g/mol. The van der Waals surface area contributed by atoms with Crippen LogP contribution in [0.15, 0.2) is 30.3 Å². The molecule has 128 valence electrons. The molecule has 2 amide bonds. The van der Waals surface area contributed by atoms with Crippen LogP contribution in [-0.4, -0.2) is 47.3 Å². The van der Waals surface area contributed by atoms with Gasteiger partial charge in [-0.05, 0) is 38.2 Å². The highest BCUT2D eigenvalue weighted by Crippen LogP contribution is 2.19. The van der Waals surface area contributed by atoms with Crippen LogP contribution >= 0.6 is 0 Å². The summed E-state index contributed by atoms with van der Waals surface area (Å²) in [7, 11) is 1.67. The molecule has 1 aliphatic heterocycles. The highest BCUT2D eigenvalue weighted by molar-refractivity contribution is 5.87. The second-order valence-corrected chi connectivity index (χ2v) is 6.34. The van der Waals surface area contributed by atoms with Gasteiger partial charge in [0.25, 0.3) is 0 Å². The summed E-state index contributed by atoms with van der Waals surface area (Å²) in [4.78, 5) is 28.0. The first-order valence-corrected chi connectivity index (χ1v) is 8.54. The zero-order valence-corrected chi connectivity index (χ0v) is 14.4. The summed E-state index contributed by atoms with van der Waals surface area (Å²) in [6.07, 6.45) is 3.61. The van der Waals surface area contributed by atoms with E-state index in [0.717, 1.165) is 25.7 Å². The third kappa shape index (κ3) is 4.35. The Bertz CT molecular complexity index is 609. The van der Waals surface area contributed by atoms with Crippen molar-refractivity contribution in [3.63, 3.8) is 0 Å². The lowest BCUT2D eigenvalue weighted by Crippen LogP contribution is -2.49. The first-order valence-electron chi connectivity index (χ1n) is 8.54. The van der Waals surface area contributed by atoms with Crippen molar-refractivity contribution in [1.29, 1.82) is 5.26 Å². The number of nitriles is 1. The van der Waals surface area contributed by atoms with Crippen molar-refractivity contribution < 1.29 is 9.59 Å². The average molecular weight is 327 g/mol. The van der Waals surface area contributed by atoms with Crippen LogP contribution in [0.2, 0.25) is 0 Å². The highest BCUT2D eigenvalue weighted by Gasteiger charge is 2.33. The Labute approximate surface area is 143 Å². The van der Waals surface area contributed by atoms with E-state index in [4.69, 9.17) is 5.26 Å². The molecule has 1 heterocycles. The molecule has 0 saturated carbocycles. The normalized spacial score (nSPS) is 18.0. The molecule has 1 aromatic rings. The van der Waals surface area contributed by atoms with Crippen LogP contribution in [0.4, 0.5) is 0 Å². The van der Waals surface area contributed by atoms with Crippen LogP contribution in [-0.2, 0) is 16.0 Å². The number of nitrogens with zero attached hydrogens (tertiary/aromatic N) is 3. The van der Waals surface area contributed by atoms with Crippen LogP contribution in [0.1, 0.15) is 38.2 Å². The summed E-state index contributed by atoms with van der Waals surface area (Å²) >= 11 is 0. The van der Waals surface area contributed by atoms with E-state index in [1.807, 2.05) is 18.2 Å². The molecule has 1 fully saturated rings. The summed E-state index contributed by atoms with van der Waals surface area (Å²) in [6.45, 7) is 2.35. The van der Waals surface area contributed by atoms with Gasteiger partial charge in [0.15, 0.2) is 0 Å². The van der Waals surface area contributed by atoms with E-state index < -0.39 is 6.04 Å². The Kier molecular flexibility index (Phi) is 6.36. The minimum absolute atomic E-state index is 0.0283. The third-order valence-corrected chi connectivity index (χ3v) is 4.72. The van der Waals surface area contributed by atoms with Gasteiger partial charge in [-0.3, -0.25) is 9.59 Å². The van der Waals surface area contributed by atoms with Gasteiger partial charge in [-0.15, -0.1) is 0 Å². The smallest absolute Gasteiger partial charge is 0.246 e. The third-order valence-electron chi connectivity index (χ3n) is 4.72. The number of benzene rings is 1. The predicted molar refractivity (Wildman–Crippen MR) is 92.0 cm³/mol. The van der Waals surface area contributed by atoms with Gasteiger partial charge in [-0.2, -0.15) is 5.26 Å². The van der Waals surface area contributed by atoms with Gasteiger partial charge in [0, 0.05) is 20.0 Å². The summed E-state index contributed by atoms with van der Waals surface area (Å²) in [5.74, 6) is -0.155. The number of likely N-dealkylation sites (tertiary alicyclic amines) is 1. The Hall–Kier alpha value is -2.35. The summed E-state index contributed by atoms with van der Waals surface area (Å²) in [5, 5.41) is 9.11. The Morgan fingerprint density at radius 3 is 2.75 bits per heavy atom. The number of likely N-dealkylation sites (N-methyl/N-ethyl adjacent to an activating group) is 1. The summed E-state index contributed by atoms with van der Waals surface area (Å²) in [5.41, 5.74) is 1.21. The molecule has 0 aromatic heterocycles. The maximum absolute atomic E-state index is 12.5. The number of carbonyl (C=O) groups is 2. The SMILES string of the molecule is C[C@@H](C(=O)N1CCC[C@H]1C#N)N(C)C(=O)CCCc1ccccc1. The molecule has 5 nitrogen and oxygen atoms in total. The lowest BCUT2D eigenvalue weighted by atomic mass is 10.1. The van der Waals surface area contributed by atoms with E-state index in [1.165, 1.54) is 10.5 Å².